The summed E-state index contributed by atoms with van der Waals surface area (Å²) in [4.78, 5) is 25.1. The number of nitrogens with zero attached hydrogens (tertiary/aromatic N) is 1. The molecule has 0 spiro atoms. The summed E-state index contributed by atoms with van der Waals surface area (Å²) in [6, 6.07) is 5.10. The third kappa shape index (κ3) is 3.63. The van der Waals surface area contributed by atoms with E-state index in [1.807, 2.05) is 18.9 Å². The first kappa shape index (κ1) is 15.8. The van der Waals surface area contributed by atoms with Crippen molar-refractivity contribution in [2.45, 2.75) is 6.92 Å². The molecule has 0 bridgehead atoms. The molecule has 0 saturated carbocycles. The molecule has 0 radical (unpaired) electrons. The maximum Gasteiger partial charge on any atom is 0.251 e. The lowest BCUT2D eigenvalue weighted by Gasteiger charge is -2.24. The average Bonchev–Trinajstić information content (AvgIpc) is 2.45. The highest BCUT2D eigenvalue weighted by Crippen LogP contribution is 2.24. The Balaban J connectivity index is 2.94. The topological polar surface area (TPSA) is 87.5 Å². The number of anilines is 2. The van der Waals surface area contributed by atoms with Gasteiger partial charge in [0.1, 0.15) is 0 Å². The van der Waals surface area contributed by atoms with Crippen molar-refractivity contribution in [1.29, 1.82) is 0 Å². The Bertz CT molecular complexity index is 502. The number of nitrogens with one attached hydrogen (secondary N) is 2. The van der Waals surface area contributed by atoms with Gasteiger partial charge in [-0.25, -0.2) is 0 Å². The van der Waals surface area contributed by atoms with E-state index >= 15 is 0 Å². The summed E-state index contributed by atoms with van der Waals surface area (Å²) in [5.41, 5.74) is 7.79. The fraction of sp³-hybridized carbons (Fsp3) is 0.429. The third-order valence-corrected chi connectivity index (χ3v) is 3.17. The van der Waals surface area contributed by atoms with Crippen LogP contribution in [-0.4, -0.2) is 39.5 Å². The Morgan fingerprint density at radius 2 is 1.95 bits per heavy atom. The van der Waals surface area contributed by atoms with Gasteiger partial charge in [0.15, 0.2) is 0 Å². The van der Waals surface area contributed by atoms with Gasteiger partial charge in [-0.15, -0.1) is 0 Å². The van der Waals surface area contributed by atoms with Crippen molar-refractivity contribution in [2.24, 2.45) is 5.92 Å². The minimum atomic E-state index is -0.173. The lowest BCUT2D eigenvalue weighted by Crippen LogP contribution is -2.34. The molecule has 6 nitrogen and oxygen atoms in total. The SMILES string of the molecule is CNC(=O)c1ccc(N)c(N(C)CC(C)C(=O)NC)c1. The molecule has 0 aliphatic heterocycles. The first-order chi connectivity index (χ1) is 9.40. The first-order valence-electron chi connectivity index (χ1n) is 6.45. The molecule has 6 heteroatoms. The normalized spacial score (nSPS) is 11.6. The summed E-state index contributed by atoms with van der Waals surface area (Å²) < 4.78 is 0. The van der Waals surface area contributed by atoms with E-state index in [2.05, 4.69) is 10.6 Å². The van der Waals surface area contributed by atoms with Crippen molar-refractivity contribution in [3.05, 3.63) is 23.8 Å². The van der Waals surface area contributed by atoms with Crippen LogP contribution in [0.4, 0.5) is 11.4 Å². The van der Waals surface area contributed by atoms with Gasteiger partial charge in [0.05, 0.1) is 17.3 Å². The van der Waals surface area contributed by atoms with Crippen molar-refractivity contribution in [1.82, 2.24) is 10.6 Å². The van der Waals surface area contributed by atoms with E-state index in [1.165, 1.54) is 0 Å². The van der Waals surface area contributed by atoms with Crippen LogP contribution < -0.4 is 21.3 Å². The molecule has 1 aromatic carbocycles. The van der Waals surface area contributed by atoms with Gasteiger partial charge in [-0.3, -0.25) is 9.59 Å². The highest BCUT2D eigenvalue weighted by atomic mass is 16.2. The molecular weight excluding hydrogens is 256 g/mol. The van der Waals surface area contributed by atoms with E-state index < -0.39 is 0 Å². The fourth-order valence-corrected chi connectivity index (χ4v) is 2.00. The van der Waals surface area contributed by atoms with Crippen molar-refractivity contribution < 1.29 is 9.59 Å². The number of hydrogen-bond donors (Lipinski definition) is 3. The standard InChI is InChI=1S/C14H22N4O2/c1-9(13(19)16-2)8-18(4)12-7-10(14(20)17-3)5-6-11(12)15/h5-7,9H,8,15H2,1-4H3,(H,16,19)(H,17,20). The predicted octanol–water partition coefficient (Wildman–Crippen LogP) is 0.447. The smallest absolute Gasteiger partial charge is 0.251 e. The monoisotopic (exact) mass is 278 g/mol. The fourth-order valence-electron chi connectivity index (χ4n) is 2.00. The van der Waals surface area contributed by atoms with Gasteiger partial charge >= 0.3 is 0 Å². The number of nitrogens with two attached hydrogens (primary N) is 1. The molecule has 0 saturated heterocycles. The average molecular weight is 278 g/mol. The van der Waals surface area contributed by atoms with E-state index in [0.29, 0.717) is 17.8 Å². The molecular formula is C14H22N4O2. The molecule has 20 heavy (non-hydrogen) atoms. The zero-order chi connectivity index (χ0) is 15.3. The second-order valence-electron chi connectivity index (χ2n) is 4.75. The maximum atomic E-state index is 11.6. The molecule has 0 aliphatic carbocycles. The first-order valence-corrected chi connectivity index (χ1v) is 6.45. The van der Waals surface area contributed by atoms with E-state index in [-0.39, 0.29) is 17.7 Å². The van der Waals surface area contributed by atoms with Gasteiger partial charge in [0.25, 0.3) is 5.91 Å². The quantitative estimate of drug-likeness (QED) is 0.682. The number of hydrogen-bond acceptors (Lipinski definition) is 4. The number of carbonyl (C=O) groups excluding carboxylic acids is 2. The summed E-state index contributed by atoms with van der Waals surface area (Å²) in [7, 11) is 5.04. The van der Waals surface area contributed by atoms with Crippen molar-refractivity contribution in [2.75, 3.05) is 38.3 Å². The summed E-state index contributed by atoms with van der Waals surface area (Å²) >= 11 is 0. The van der Waals surface area contributed by atoms with Crippen LogP contribution in [0.15, 0.2) is 18.2 Å². The van der Waals surface area contributed by atoms with E-state index in [4.69, 9.17) is 5.73 Å². The molecule has 1 atom stereocenters. The van der Waals surface area contributed by atoms with Crippen LogP contribution in [0.25, 0.3) is 0 Å². The molecule has 110 valence electrons. The van der Waals surface area contributed by atoms with Gasteiger partial charge in [-0.05, 0) is 18.2 Å². The highest BCUT2D eigenvalue weighted by molar-refractivity contribution is 5.96. The summed E-state index contributed by atoms with van der Waals surface area (Å²) in [6.45, 7) is 2.36. The second kappa shape index (κ2) is 6.79. The van der Waals surface area contributed by atoms with Gasteiger partial charge in [-0.2, -0.15) is 0 Å². The van der Waals surface area contributed by atoms with E-state index in [1.54, 1.807) is 32.3 Å². The maximum absolute atomic E-state index is 11.6. The molecule has 0 fully saturated rings. The molecule has 1 unspecified atom stereocenters. The van der Waals surface area contributed by atoms with Crippen LogP contribution in [-0.2, 0) is 4.79 Å². The Morgan fingerprint density at radius 1 is 1.30 bits per heavy atom. The number of rotatable bonds is 5. The molecule has 2 amide bonds. The van der Waals surface area contributed by atoms with E-state index in [0.717, 1.165) is 5.69 Å². The summed E-state index contributed by atoms with van der Waals surface area (Å²) in [6.07, 6.45) is 0. The number of benzene rings is 1. The zero-order valence-corrected chi connectivity index (χ0v) is 12.4. The van der Waals surface area contributed by atoms with Crippen molar-refractivity contribution in [3.8, 4) is 0 Å². The van der Waals surface area contributed by atoms with Gasteiger partial charge in [0, 0.05) is 33.3 Å². The number of amides is 2. The Hall–Kier alpha value is -2.24. The Labute approximate surface area is 119 Å². The summed E-state index contributed by atoms with van der Waals surface area (Å²) in [5.74, 6) is -0.370. The molecule has 4 N–H and O–H groups in total. The van der Waals surface area contributed by atoms with Crippen LogP contribution in [0.3, 0.4) is 0 Å². The van der Waals surface area contributed by atoms with E-state index in [9.17, 15) is 9.59 Å². The largest absolute Gasteiger partial charge is 0.397 e. The van der Waals surface area contributed by atoms with Gasteiger partial charge < -0.3 is 21.3 Å². The zero-order valence-electron chi connectivity index (χ0n) is 12.4. The highest BCUT2D eigenvalue weighted by Gasteiger charge is 2.16. The summed E-state index contributed by atoms with van der Waals surface area (Å²) in [5, 5.41) is 5.19. The van der Waals surface area contributed by atoms with Crippen LogP contribution in [0.1, 0.15) is 17.3 Å². The molecule has 0 aromatic heterocycles. The molecule has 1 aromatic rings. The molecule has 1 rings (SSSR count). The Morgan fingerprint density at radius 3 is 2.50 bits per heavy atom. The van der Waals surface area contributed by atoms with Crippen LogP contribution in [0.5, 0.6) is 0 Å². The Kier molecular flexibility index (Phi) is 5.37. The van der Waals surface area contributed by atoms with Crippen molar-refractivity contribution in [3.63, 3.8) is 0 Å². The second-order valence-corrected chi connectivity index (χ2v) is 4.75. The van der Waals surface area contributed by atoms with Crippen LogP contribution >= 0.6 is 0 Å². The van der Waals surface area contributed by atoms with Crippen LogP contribution in [0, 0.1) is 5.92 Å². The lowest BCUT2D eigenvalue weighted by atomic mass is 10.1. The molecule has 0 heterocycles. The lowest BCUT2D eigenvalue weighted by molar-refractivity contribution is -0.123. The number of carbonyl (C=O) groups is 2. The minimum Gasteiger partial charge on any atom is -0.397 e. The molecule has 0 aliphatic rings. The number of nitrogen functional groups attached to an aromatic ring is 1. The predicted molar refractivity (Wildman–Crippen MR) is 80.7 cm³/mol. The van der Waals surface area contributed by atoms with Crippen LogP contribution in [0.2, 0.25) is 0 Å². The minimum absolute atomic E-state index is 0.0297. The van der Waals surface area contributed by atoms with Gasteiger partial charge in [-0.1, -0.05) is 6.92 Å². The third-order valence-electron chi connectivity index (χ3n) is 3.17. The van der Waals surface area contributed by atoms with Gasteiger partial charge in [0.2, 0.25) is 5.91 Å². The van der Waals surface area contributed by atoms with Crippen molar-refractivity contribution >= 4 is 23.2 Å².